The molecule has 5 aromatic rings. The molecule has 0 aliphatic carbocycles. The van der Waals surface area contributed by atoms with Crippen molar-refractivity contribution in [2.75, 3.05) is 36.7 Å². The fourth-order valence-electron chi connectivity index (χ4n) is 5.13. The summed E-state index contributed by atoms with van der Waals surface area (Å²) in [4.78, 5) is 24.9. The van der Waals surface area contributed by atoms with E-state index >= 15 is 0 Å². The molecule has 0 saturated carbocycles. The second-order valence-electron chi connectivity index (χ2n) is 10.6. The number of fused-ring (bicyclic) bond motifs is 1. The van der Waals surface area contributed by atoms with E-state index in [0.717, 1.165) is 22.4 Å². The molecule has 0 saturated heterocycles. The second-order valence-corrected chi connectivity index (χ2v) is 10.6. The molecular formula is C34H33N7O3. The summed E-state index contributed by atoms with van der Waals surface area (Å²) in [5, 5.41) is 11.2. The van der Waals surface area contributed by atoms with Crippen molar-refractivity contribution >= 4 is 23.2 Å². The van der Waals surface area contributed by atoms with Gasteiger partial charge in [0.25, 0.3) is 5.91 Å². The van der Waals surface area contributed by atoms with Gasteiger partial charge in [0.1, 0.15) is 12.6 Å². The van der Waals surface area contributed by atoms with Crippen molar-refractivity contribution in [3.05, 3.63) is 120 Å². The first kappa shape index (κ1) is 28.5. The van der Waals surface area contributed by atoms with Crippen LogP contribution in [0.2, 0.25) is 0 Å². The Labute approximate surface area is 256 Å². The first-order chi connectivity index (χ1) is 21.4. The number of allylic oxidation sites excluding steroid dienone is 1. The Morgan fingerprint density at radius 3 is 2.50 bits per heavy atom. The summed E-state index contributed by atoms with van der Waals surface area (Å²) >= 11 is 0. The highest BCUT2D eigenvalue weighted by Gasteiger charge is 2.35. The number of amides is 1. The van der Waals surface area contributed by atoms with Crippen LogP contribution in [0.3, 0.4) is 0 Å². The molecule has 0 bridgehead atoms. The van der Waals surface area contributed by atoms with E-state index in [4.69, 9.17) is 19.6 Å². The van der Waals surface area contributed by atoms with Crippen LogP contribution in [-0.4, -0.2) is 46.9 Å². The molecule has 10 heteroatoms. The molecule has 1 aliphatic rings. The van der Waals surface area contributed by atoms with Crippen molar-refractivity contribution in [2.45, 2.75) is 19.6 Å². The molecule has 2 aromatic heterocycles. The molecule has 6 rings (SSSR count). The number of carbonyl (C=O) groups excluding carboxylic acids is 1. The van der Waals surface area contributed by atoms with Crippen LogP contribution in [0, 0.1) is 0 Å². The molecule has 1 amide bonds. The van der Waals surface area contributed by atoms with E-state index < -0.39 is 6.04 Å². The molecule has 0 fully saturated rings. The lowest BCUT2D eigenvalue weighted by Crippen LogP contribution is -2.31. The van der Waals surface area contributed by atoms with Gasteiger partial charge in [-0.05, 0) is 66.6 Å². The normalized spacial score (nSPS) is 14.0. The summed E-state index contributed by atoms with van der Waals surface area (Å²) in [6, 6.07) is 26.6. The van der Waals surface area contributed by atoms with Crippen LogP contribution < -0.4 is 25.0 Å². The van der Waals surface area contributed by atoms with Crippen LogP contribution in [0.25, 0.3) is 11.4 Å². The molecule has 44 heavy (non-hydrogen) atoms. The Morgan fingerprint density at radius 2 is 1.80 bits per heavy atom. The molecule has 1 unspecified atom stereocenters. The predicted molar refractivity (Wildman–Crippen MR) is 171 cm³/mol. The van der Waals surface area contributed by atoms with Crippen LogP contribution in [0.15, 0.2) is 109 Å². The summed E-state index contributed by atoms with van der Waals surface area (Å²) in [6.07, 6.45) is 3.27. The lowest BCUT2D eigenvalue weighted by molar-refractivity contribution is -0.113. The van der Waals surface area contributed by atoms with E-state index in [1.165, 1.54) is 0 Å². The van der Waals surface area contributed by atoms with Gasteiger partial charge in [-0.25, -0.2) is 4.68 Å². The number of nitrogens with zero attached hydrogens (tertiary/aromatic N) is 5. The number of hydrogen-bond acceptors (Lipinski definition) is 8. The first-order valence-corrected chi connectivity index (χ1v) is 14.2. The predicted octanol–water partition coefficient (Wildman–Crippen LogP) is 5.92. The van der Waals surface area contributed by atoms with Crippen molar-refractivity contribution < 1.29 is 14.3 Å². The average Bonchev–Trinajstić information content (AvgIpc) is 3.47. The molecule has 1 atom stereocenters. The van der Waals surface area contributed by atoms with Crippen LogP contribution in [0.1, 0.15) is 24.1 Å². The molecule has 222 valence electrons. The van der Waals surface area contributed by atoms with Gasteiger partial charge in [-0.2, -0.15) is 4.98 Å². The number of carbonyl (C=O) groups is 1. The molecular weight excluding hydrogens is 554 g/mol. The zero-order valence-corrected chi connectivity index (χ0v) is 25.0. The monoisotopic (exact) mass is 587 g/mol. The van der Waals surface area contributed by atoms with Gasteiger partial charge in [0.05, 0.1) is 24.6 Å². The molecule has 3 aromatic carbocycles. The van der Waals surface area contributed by atoms with Gasteiger partial charge in [-0.3, -0.25) is 9.78 Å². The summed E-state index contributed by atoms with van der Waals surface area (Å²) in [6.45, 7) is 2.26. The number of rotatable bonds is 9. The molecule has 0 spiro atoms. The largest absolute Gasteiger partial charge is 0.493 e. The Morgan fingerprint density at radius 1 is 1.00 bits per heavy atom. The zero-order valence-electron chi connectivity index (χ0n) is 25.0. The van der Waals surface area contributed by atoms with Crippen molar-refractivity contribution in [2.24, 2.45) is 0 Å². The van der Waals surface area contributed by atoms with Gasteiger partial charge in [0.2, 0.25) is 5.95 Å². The number of hydrogen-bond donors (Lipinski definition) is 2. The third kappa shape index (κ3) is 5.82. The van der Waals surface area contributed by atoms with Gasteiger partial charge < -0.3 is 25.0 Å². The Hall–Kier alpha value is -5.64. The van der Waals surface area contributed by atoms with E-state index in [2.05, 4.69) is 15.6 Å². The fourth-order valence-corrected chi connectivity index (χ4v) is 5.13. The summed E-state index contributed by atoms with van der Waals surface area (Å²) in [7, 11) is 5.59. The van der Waals surface area contributed by atoms with E-state index in [1.54, 1.807) is 36.3 Å². The summed E-state index contributed by atoms with van der Waals surface area (Å²) in [5.41, 5.74) is 5.50. The lowest BCUT2D eigenvalue weighted by Gasteiger charge is -2.29. The van der Waals surface area contributed by atoms with Gasteiger partial charge in [-0.1, -0.05) is 36.4 Å². The highest BCUT2D eigenvalue weighted by Crippen LogP contribution is 2.40. The second kappa shape index (κ2) is 12.3. The highest BCUT2D eigenvalue weighted by molar-refractivity contribution is 6.06. The van der Waals surface area contributed by atoms with Crippen LogP contribution in [0.4, 0.5) is 17.3 Å². The minimum atomic E-state index is -0.609. The summed E-state index contributed by atoms with van der Waals surface area (Å²) < 4.78 is 13.6. The lowest BCUT2D eigenvalue weighted by atomic mass is 9.94. The fraction of sp³-hybridized carbons (Fsp3) is 0.176. The topological polar surface area (TPSA) is 106 Å². The van der Waals surface area contributed by atoms with Crippen molar-refractivity contribution in [3.63, 3.8) is 0 Å². The average molecular weight is 588 g/mol. The molecule has 1 aliphatic heterocycles. The van der Waals surface area contributed by atoms with Crippen molar-refractivity contribution in [1.82, 2.24) is 19.7 Å². The summed E-state index contributed by atoms with van der Waals surface area (Å²) in [5.74, 6) is 1.92. The highest BCUT2D eigenvalue weighted by atomic mass is 16.5. The van der Waals surface area contributed by atoms with Crippen molar-refractivity contribution in [1.29, 1.82) is 0 Å². The maximum Gasteiger partial charge on any atom is 0.255 e. The third-order valence-electron chi connectivity index (χ3n) is 7.40. The van der Waals surface area contributed by atoms with Crippen molar-refractivity contribution in [3.8, 4) is 22.9 Å². The van der Waals surface area contributed by atoms with Gasteiger partial charge in [0, 0.05) is 37.2 Å². The first-order valence-electron chi connectivity index (χ1n) is 14.2. The number of methoxy groups -OCH3 is 1. The van der Waals surface area contributed by atoms with E-state index in [-0.39, 0.29) is 5.91 Å². The Kier molecular flexibility index (Phi) is 7.96. The number of nitrogens with one attached hydrogen (secondary N) is 2. The Balaban J connectivity index is 1.39. The minimum Gasteiger partial charge on any atom is -0.493 e. The maximum atomic E-state index is 13.9. The minimum absolute atomic E-state index is 0.283. The van der Waals surface area contributed by atoms with Crippen LogP contribution in [-0.2, 0) is 11.4 Å². The molecule has 0 radical (unpaired) electrons. The zero-order chi connectivity index (χ0) is 30.6. The van der Waals surface area contributed by atoms with Gasteiger partial charge >= 0.3 is 0 Å². The Bertz CT molecular complexity index is 1800. The smallest absolute Gasteiger partial charge is 0.255 e. The number of pyridine rings is 1. The standard InChI is InChI=1S/C34H33N7O3/c1-22-30(33(42)37-26-11-8-18-35-20-26)31(25-14-17-28(29(19-25)43-4)44-21-23-9-6-5-7-10-23)41-34(36-22)38-32(39-41)24-12-15-27(16-13-24)40(2)3/h5-20,31H,21H2,1-4H3,(H,37,42)(H,36,38,39). The van der Waals surface area contributed by atoms with Crippen LogP contribution >= 0.6 is 0 Å². The number of anilines is 3. The third-order valence-corrected chi connectivity index (χ3v) is 7.40. The molecule has 10 nitrogen and oxygen atoms in total. The quantitative estimate of drug-likeness (QED) is 0.219. The van der Waals surface area contributed by atoms with E-state index in [0.29, 0.717) is 46.8 Å². The number of benzene rings is 3. The maximum absolute atomic E-state index is 13.9. The van der Waals surface area contributed by atoms with E-state index in [9.17, 15) is 4.79 Å². The van der Waals surface area contributed by atoms with Gasteiger partial charge in [0.15, 0.2) is 17.3 Å². The van der Waals surface area contributed by atoms with Gasteiger partial charge in [-0.15, -0.1) is 5.10 Å². The molecule has 3 heterocycles. The van der Waals surface area contributed by atoms with E-state index in [1.807, 2.05) is 98.7 Å². The van der Waals surface area contributed by atoms with Crippen LogP contribution in [0.5, 0.6) is 11.5 Å². The SMILES string of the molecule is COc1cc(C2C(C(=O)Nc3cccnc3)=C(C)Nc3nc(-c4ccc(N(C)C)cc4)nn32)ccc1OCc1ccccc1. The number of aromatic nitrogens is 4. The molecule has 2 N–H and O–H groups in total. The number of ether oxygens (including phenoxy) is 2.